The Kier molecular flexibility index (Phi) is 10.0. The molecular weight excluding hydrogens is 502 g/mol. The summed E-state index contributed by atoms with van der Waals surface area (Å²) in [6.45, 7) is 1.34. The highest BCUT2D eigenvalue weighted by atomic mass is 19.1. The fourth-order valence-corrected chi connectivity index (χ4v) is 5.74. The largest absolute Gasteiger partial charge is 0.357 e. The average Bonchev–Trinajstić information content (AvgIpc) is 2.97. The van der Waals surface area contributed by atoms with Gasteiger partial charge in [0.25, 0.3) is 5.91 Å². The number of halogens is 2. The van der Waals surface area contributed by atoms with Gasteiger partial charge in [0.05, 0.1) is 6.54 Å². The Balaban J connectivity index is 1.35. The molecule has 1 saturated heterocycles. The first-order chi connectivity index (χ1) is 18.9. The third-order valence-corrected chi connectivity index (χ3v) is 7.94. The smallest absolute Gasteiger partial charge is 0.251 e. The maximum Gasteiger partial charge on any atom is 0.251 e. The van der Waals surface area contributed by atoms with Crippen LogP contribution in [0.2, 0.25) is 0 Å². The van der Waals surface area contributed by atoms with Crippen molar-refractivity contribution in [3.8, 4) is 0 Å². The first-order valence-electron chi connectivity index (χ1n) is 13.9. The van der Waals surface area contributed by atoms with E-state index in [4.69, 9.17) is 0 Å². The number of benzene rings is 2. The van der Waals surface area contributed by atoms with Crippen LogP contribution in [0.25, 0.3) is 0 Å². The molecule has 39 heavy (non-hydrogen) atoms. The lowest BCUT2D eigenvalue weighted by Gasteiger charge is -2.33. The number of likely N-dealkylation sites (N-methyl/N-ethyl adjacent to an activating group) is 1. The normalized spacial score (nSPS) is 18.8. The second-order valence-corrected chi connectivity index (χ2v) is 10.6. The molecule has 4 rings (SSSR count). The molecule has 1 aliphatic heterocycles. The molecular formula is C30H38F2N4O3. The molecule has 3 amide bonds. The van der Waals surface area contributed by atoms with Crippen LogP contribution in [0, 0.1) is 17.6 Å². The Labute approximate surface area is 228 Å². The van der Waals surface area contributed by atoms with E-state index in [2.05, 4.69) is 16.0 Å². The van der Waals surface area contributed by atoms with Crippen LogP contribution in [-0.2, 0) is 16.1 Å². The maximum atomic E-state index is 13.9. The van der Waals surface area contributed by atoms with E-state index in [1.54, 1.807) is 18.0 Å². The van der Waals surface area contributed by atoms with Gasteiger partial charge in [-0.2, -0.15) is 0 Å². The molecule has 9 heteroatoms. The van der Waals surface area contributed by atoms with Gasteiger partial charge in [-0.05, 0) is 55.4 Å². The second-order valence-electron chi connectivity index (χ2n) is 10.6. The van der Waals surface area contributed by atoms with Gasteiger partial charge in [0, 0.05) is 49.8 Å². The van der Waals surface area contributed by atoms with E-state index in [0.717, 1.165) is 56.6 Å². The molecule has 1 aliphatic carbocycles. The van der Waals surface area contributed by atoms with Crippen LogP contribution in [0.4, 0.5) is 8.78 Å². The molecule has 0 radical (unpaired) electrons. The molecule has 1 saturated carbocycles. The number of carbonyl (C=O) groups is 3. The van der Waals surface area contributed by atoms with Crippen LogP contribution >= 0.6 is 0 Å². The summed E-state index contributed by atoms with van der Waals surface area (Å²) in [6.07, 6.45) is 6.89. The van der Waals surface area contributed by atoms with Gasteiger partial charge in [-0.3, -0.25) is 14.4 Å². The van der Waals surface area contributed by atoms with Crippen molar-refractivity contribution in [3.63, 3.8) is 0 Å². The topological polar surface area (TPSA) is 90.5 Å². The highest BCUT2D eigenvalue weighted by molar-refractivity contribution is 5.97. The monoisotopic (exact) mass is 540 g/mol. The van der Waals surface area contributed by atoms with Crippen LogP contribution in [0.15, 0.2) is 42.5 Å². The van der Waals surface area contributed by atoms with Crippen LogP contribution in [0.1, 0.15) is 72.3 Å². The summed E-state index contributed by atoms with van der Waals surface area (Å²) in [6, 6.07) is 10.3. The maximum absolute atomic E-state index is 13.9. The highest BCUT2D eigenvalue weighted by Gasteiger charge is 2.31. The van der Waals surface area contributed by atoms with E-state index < -0.39 is 17.7 Å². The van der Waals surface area contributed by atoms with Crippen molar-refractivity contribution in [2.45, 2.75) is 63.5 Å². The fourth-order valence-electron chi connectivity index (χ4n) is 5.74. The van der Waals surface area contributed by atoms with Crippen LogP contribution in [0.5, 0.6) is 0 Å². The summed E-state index contributed by atoms with van der Waals surface area (Å²) in [5.41, 5.74) is 1.79. The summed E-state index contributed by atoms with van der Waals surface area (Å²) in [7, 11) is 1.59. The Bertz CT molecular complexity index is 1170. The number of amides is 3. The molecule has 7 nitrogen and oxygen atoms in total. The van der Waals surface area contributed by atoms with Crippen molar-refractivity contribution in [2.24, 2.45) is 5.92 Å². The van der Waals surface area contributed by atoms with Crippen molar-refractivity contribution in [1.82, 2.24) is 20.9 Å². The lowest BCUT2D eigenvalue weighted by atomic mass is 9.83. The van der Waals surface area contributed by atoms with Crippen molar-refractivity contribution >= 4 is 17.7 Å². The minimum atomic E-state index is -0.641. The Morgan fingerprint density at radius 3 is 2.54 bits per heavy atom. The van der Waals surface area contributed by atoms with Crippen molar-refractivity contribution < 1.29 is 23.2 Å². The molecule has 2 fully saturated rings. The summed E-state index contributed by atoms with van der Waals surface area (Å²) in [5, 5.41) is 8.64. The molecule has 0 spiro atoms. The van der Waals surface area contributed by atoms with Crippen molar-refractivity contribution in [1.29, 1.82) is 0 Å². The zero-order valence-electron chi connectivity index (χ0n) is 22.5. The number of piperidine rings is 1. The Hall–Kier alpha value is -3.33. The number of carbonyl (C=O) groups excluding carboxylic acids is 3. The minimum absolute atomic E-state index is 0.0496. The second kappa shape index (κ2) is 13.6. The van der Waals surface area contributed by atoms with Crippen LogP contribution < -0.4 is 16.0 Å². The SMILES string of the molecule is CNC(=O)C(NC(=O)c1cccc(C2CCCN(C(=O)CNCc3ccc(F)cc3F)C2)c1)C1CCCCC1. The average molecular weight is 541 g/mol. The fraction of sp³-hybridized carbons (Fsp3) is 0.500. The van der Waals surface area contributed by atoms with Crippen molar-refractivity contribution in [2.75, 3.05) is 26.7 Å². The number of hydrogen-bond donors (Lipinski definition) is 3. The van der Waals surface area contributed by atoms with Gasteiger partial charge in [-0.1, -0.05) is 37.5 Å². The Morgan fingerprint density at radius 2 is 1.79 bits per heavy atom. The van der Waals surface area contributed by atoms with Gasteiger partial charge >= 0.3 is 0 Å². The van der Waals surface area contributed by atoms with E-state index in [1.165, 1.54) is 12.1 Å². The Morgan fingerprint density at radius 1 is 1.00 bits per heavy atom. The molecule has 210 valence electrons. The van der Waals surface area contributed by atoms with E-state index in [9.17, 15) is 23.2 Å². The van der Waals surface area contributed by atoms with Gasteiger partial charge in [-0.25, -0.2) is 8.78 Å². The third-order valence-electron chi connectivity index (χ3n) is 7.94. The van der Waals surface area contributed by atoms with Gasteiger partial charge in [0.2, 0.25) is 11.8 Å². The summed E-state index contributed by atoms with van der Waals surface area (Å²) in [4.78, 5) is 40.4. The van der Waals surface area contributed by atoms with Gasteiger partial charge in [0.15, 0.2) is 0 Å². The van der Waals surface area contributed by atoms with Gasteiger partial charge < -0.3 is 20.9 Å². The quantitative estimate of drug-likeness (QED) is 0.450. The zero-order valence-corrected chi connectivity index (χ0v) is 22.5. The number of likely N-dealkylation sites (tertiary alicyclic amines) is 1. The number of hydrogen-bond acceptors (Lipinski definition) is 4. The standard InChI is InChI=1S/C30H38F2N4O3/c1-33-30(39)28(20-7-3-2-4-8-20)35-29(38)22-10-5-9-21(15-22)24-11-6-14-36(19-24)27(37)18-34-17-23-12-13-25(31)16-26(23)32/h5,9-10,12-13,15-16,20,24,28,34H,2-4,6-8,11,14,17-19H2,1H3,(H,33,39)(H,35,38). The van der Waals surface area contributed by atoms with Gasteiger partial charge in [0.1, 0.15) is 17.7 Å². The minimum Gasteiger partial charge on any atom is -0.357 e. The van der Waals surface area contributed by atoms with E-state index in [0.29, 0.717) is 24.2 Å². The molecule has 2 aromatic rings. The number of nitrogens with one attached hydrogen (secondary N) is 3. The molecule has 2 atom stereocenters. The molecule has 2 aromatic carbocycles. The zero-order chi connectivity index (χ0) is 27.8. The molecule has 1 heterocycles. The number of nitrogens with zero attached hydrogens (tertiary/aromatic N) is 1. The predicted octanol–water partition coefficient (Wildman–Crippen LogP) is 3.89. The number of rotatable bonds is 9. The summed E-state index contributed by atoms with van der Waals surface area (Å²) < 4.78 is 27.0. The first-order valence-corrected chi connectivity index (χ1v) is 13.9. The lowest BCUT2D eigenvalue weighted by Crippen LogP contribution is -2.50. The summed E-state index contributed by atoms with van der Waals surface area (Å²) >= 11 is 0. The predicted molar refractivity (Wildman–Crippen MR) is 145 cm³/mol. The molecule has 2 aliphatic rings. The van der Waals surface area contributed by atoms with Gasteiger partial charge in [-0.15, -0.1) is 0 Å². The highest BCUT2D eigenvalue weighted by Crippen LogP contribution is 2.29. The molecule has 0 aromatic heterocycles. The van der Waals surface area contributed by atoms with E-state index >= 15 is 0 Å². The van der Waals surface area contributed by atoms with E-state index in [1.807, 2.05) is 18.2 Å². The third kappa shape index (κ3) is 7.62. The van der Waals surface area contributed by atoms with Crippen LogP contribution in [0.3, 0.4) is 0 Å². The summed E-state index contributed by atoms with van der Waals surface area (Å²) in [5.74, 6) is -1.58. The molecule has 0 bridgehead atoms. The lowest BCUT2D eigenvalue weighted by molar-refractivity contribution is -0.131. The van der Waals surface area contributed by atoms with Crippen molar-refractivity contribution in [3.05, 3.63) is 70.8 Å². The molecule has 2 unspecified atom stereocenters. The van der Waals surface area contributed by atoms with Crippen LogP contribution in [-0.4, -0.2) is 55.3 Å². The van der Waals surface area contributed by atoms with E-state index in [-0.39, 0.29) is 42.6 Å². The molecule has 3 N–H and O–H groups in total. The first kappa shape index (κ1) is 28.7.